The highest BCUT2D eigenvalue weighted by atomic mass is 19.1. The number of aryl methyl sites for hydroxylation is 2. The zero-order valence-corrected chi connectivity index (χ0v) is 13.9. The average molecular weight is 349 g/mol. The predicted molar refractivity (Wildman–Crippen MR) is 96.2 cm³/mol. The summed E-state index contributed by atoms with van der Waals surface area (Å²) in [6.07, 6.45) is 6.25. The summed E-state index contributed by atoms with van der Waals surface area (Å²) < 4.78 is 14.4. The van der Waals surface area contributed by atoms with Crippen LogP contribution in [0.2, 0.25) is 0 Å². The average Bonchev–Trinajstić information content (AvgIpc) is 3.11. The fraction of sp³-hybridized carbons (Fsp3) is 0.150. The van der Waals surface area contributed by atoms with Crippen LogP contribution in [0.3, 0.4) is 0 Å². The van der Waals surface area contributed by atoms with E-state index < -0.39 is 17.3 Å². The van der Waals surface area contributed by atoms with Crippen molar-refractivity contribution in [3.8, 4) is 5.69 Å². The molecule has 1 aliphatic carbocycles. The third kappa shape index (κ3) is 3.01. The number of fused-ring (bicyclic) bond motifs is 1. The van der Waals surface area contributed by atoms with Crippen molar-refractivity contribution in [3.63, 3.8) is 0 Å². The van der Waals surface area contributed by atoms with E-state index in [1.165, 1.54) is 46.2 Å². The number of rotatable bonds is 3. The van der Waals surface area contributed by atoms with Gasteiger partial charge in [-0.1, -0.05) is 6.07 Å². The zero-order chi connectivity index (χ0) is 18.1. The van der Waals surface area contributed by atoms with Crippen LogP contribution in [0, 0.1) is 5.82 Å². The molecule has 0 aliphatic heterocycles. The van der Waals surface area contributed by atoms with Gasteiger partial charge in [0.2, 0.25) is 0 Å². The summed E-state index contributed by atoms with van der Waals surface area (Å²) >= 11 is 0. The van der Waals surface area contributed by atoms with E-state index in [-0.39, 0.29) is 11.4 Å². The molecule has 0 saturated heterocycles. The Labute approximate surface area is 149 Å². The lowest BCUT2D eigenvalue weighted by molar-refractivity contribution is 0.102. The zero-order valence-electron chi connectivity index (χ0n) is 13.9. The maximum absolute atomic E-state index is 13.0. The molecule has 0 unspecified atom stereocenters. The van der Waals surface area contributed by atoms with Crippen LogP contribution in [0.25, 0.3) is 5.69 Å². The molecule has 5 nitrogen and oxygen atoms in total. The van der Waals surface area contributed by atoms with Crippen molar-refractivity contribution in [3.05, 3.63) is 87.7 Å². The van der Waals surface area contributed by atoms with Crippen LogP contribution in [0.5, 0.6) is 0 Å². The van der Waals surface area contributed by atoms with Gasteiger partial charge in [0.25, 0.3) is 11.5 Å². The topological polar surface area (TPSA) is 64.0 Å². The summed E-state index contributed by atoms with van der Waals surface area (Å²) in [5.74, 6) is -1.01. The first-order chi connectivity index (χ1) is 12.6. The number of halogens is 1. The van der Waals surface area contributed by atoms with Gasteiger partial charge in [0.15, 0.2) is 5.82 Å². The molecule has 1 aromatic heterocycles. The maximum atomic E-state index is 13.0. The summed E-state index contributed by atoms with van der Waals surface area (Å²) in [7, 11) is 0. The second kappa shape index (κ2) is 6.55. The minimum absolute atomic E-state index is 0.0673. The molecule has 1 N–H and O–H groups in total. The monoisotopic (exact) mass is 349 g/mol. The van der Waals surface area contributed by atoms with E-state index in [2.05, 4.69) is 10.3 Å². The van der Waals surface area contributed by atoms with Crippen LogP contribution in [-0.4, -0.2) is 15.5 Å². The van der Waals surface area contributed by atoms with E-state index in [0.29, 0.717) is 0 Å². The van der Waals surface area contributed by atoms with Crippen LogP contribution in [-0.2, 0) is 12.8 Å². The predicted octanol–water partition coefficient (Wildman–Crippen LogP) is 3.11. The molecule has 6 heteroatoms. The van der Waals surface area contributed by atoms with E-state index in [9.17, 15) is 14.0 Å². The number of carbonyl (C=O) groups is 1. The number of amides is 1. The summed E-state index contributed by atoms with van der Waals surface area (Å²) in [4.78, 5) is 29.0. The van der Waals surface area contributed by atoms with Crippen molar-refractivity contribution in [1.82, 2.24) is 9.55 Å². The summed E-state index contributed by atoms with van der Waals surface area (Å²) in [5, 5.41) is 2.50. The third-order valence-electron chi connectivity index (χ3n) is 4.54. The standard InChI is InChI=1S/C20H16FN3O2/c21-16-7-4-14(5-8-16)19(25)23-18-20(26)24(11-10-22-18)17-9-6-13-2-1-3-15(13)12-17/h4-12H,1-3H2,(H,22,23,25). The first kappa shape index (κ1) is 16.2. The van der Waals surface area contributed by atoms with E-state index in [1.54, 1.807) is 6.20 Å². The number of nitrogens with zero attached hydrogens (tertiary/aromatic N) is 2. The number of hydrogen-bond acceptors (Lipinski definition) is 3. The second-order valence-electron chi connectivity index (χ2n) is 6.22. The molecule has 1 aliphatic rings. The second-order valence-corrected chi connectivity index (χ2v) is 6.22. The SMILES string of the molecule is O=C(Nc1nccn(-c2ccc3c(c2)CCC3)c1=O)c1ccc(F)cc1. The van der Waals surface area contributed by atoms with Gasteiger partial charge < -0.3 is 5.32 Å². The van der Waals surface area contributed by atoms with Gasteiger partial charge in [-0.2, -0.15) is 0 Å². The molecule has 4 rings (SSSR count). The Morgan fingerprint density at radius 2 is 1.85 bits per heavy atom. The van der Waals surface area contributed by atoms with Crippen LogP contribution in [0.15, 0.2) is 59.7 Å². The summed E-state index contributed by atoms with van der Waals surface area (Å²) in [6, 6.07) is 11.0. The third-order valence-corrected chi connectivity index (χ3v) is 4.54. The van der Waals surface area contributed by atoms with Crippen molar-refractivity contribution in [1.29, 1.82) is 0 Å². The number of anilines is 1. The number of hydrogen-bond donors (Lipinski definition) is 1. The molecule has 0 atom stereocenters. The Bertz CT molecular complexity index is 1040. The Morgan fingerprint density at radius 1 is 1.08 bits per heavy atom. The van der Waals surface area contributed by atoms with Gasteiger partial charge in [0.1, 0.15) is 5.82 Å². The van der Waals surface area contributed by atoms with Crippen molar-refractivity contribution >= 4 is 11.7 Å². The van der Waals surface area contributed by atoms with Gasteiger partial charge in [0, 0.05) is 23.6 Å². The molecular weight excluding hydrogens is 333 g/mol. The van der Waals surface area contributed by atoms with Crippen LogP contribution < -0.4 is 10.9 Å². The molecule has 0 fully saturated rings. The van der Waals surface area contributed by atoms with Gasteiger partial charge in [0.05, 0.1) is 0 Å². The van der Waals surface area contributed by atoms with Crippen molar-refractivity contribution in [2.45, 2.75) is 19.3 Å². The molecule has 130 valence electrons. The Kier molecular flexibility index (Phi) is 4.08. The minimum atomic E-state index is -0.513. The highest BCUT2D eigenvalue weighted by Gasteiger charge is 2.14. The van der Waals surface area contributed by atoms with E-state index >= 15 is 0 Å². The lowest BCUT2D eigenvalue weighted by Crippen LogP contribution is -2.26. The van der Waals surface area contributed by atoms with Gasteiger partial charge in [-0.15, -0.1) is 0 Å². The van der Waals surface area contributed by atoms with E-state index in [4.69, 9.17) is 0 Å². The Hall–Kier alpha value is -3.28. The fourth-order valence-corrected chi connectivity index (χ4v) is 3.19. The molecule has 0 spiro atoms. The lowest BCUT2D eigenvalue weighted by atomic mass is 10.1. The number of nitrogens with one attached hydrogen (secondary N) is 1. The fourth-order valence-electron chi connectivity index (χ4n) is 3.19. The first-order valence-electron chi connectivity index (χ1n) is 8.38. The van der Waals surface area contributed by atoms with Crippen LogP contribution in [0.4, 0.5) is 10.2 Å². The molecule has 0 saturated carbocycles. The smallest absolute Gasteiger partial charge is 0.298 e. The quantitative estimate of drug-likeness (QED) is 0.790. The highest BCUT2D eigenvalue weighted by molar-refractivity contribution is 6.03. The number of aromatic nitrogens is 2. The lowest BCUT2D eigenvalue weighted by Gasteiger charge is -2.10. The number of benzene rings is 2. The molecule has 2 aromatic carbocycles. The Morgan fingerprint density at radius 3 is 2.65 bits per heavy atom. The minimum Gasteiger partial charge on any atom is -0.302 e. The molecule has 0 bridgehead atoms. The molecule has 1 amide bonds. The van der Waals surface area contributed by atoms with E-state index in [0.717, 1.165) is 24.9 Å². The van der Waals surface area contributed by atoms with Crippen LogP contribution >= 0.6 is 0 Å². The van der Waals surface area contributed by atoms with Crippen LogP contribution in [0.1, 0.15) is 27.9 Å². The van der Waals surface area contributed by atoms with Crippen molar-refractivity contribution in [2.75, 3.05) is 5.32 Å². The first-order valence-corrected chi connectivity index (χ1v) is 8.38. The summed E-state index contributed by atoms with van der Waals surface area (Å²) in [6.45, 7) is 0. The molecule has 1 heterocycles. The molecule has 0 radical (unpaired) electrons. The molecular formula is C20H16FN3O2. The largest absolute Gasteiger partial charge is 0.302 e. The highest BCUT2D eigenvalue weighted by Crippen LogP contribution is 2.24. The van der Waals surface area contributed by atoms with Gasteiger partial charge in [-0.25, -0.2) is 9.37 Å². The van der Waals surface area contributed by atoms with Gasteiger partial charge in [-0.05, 0) is 66.8 Å². The number of carbonyl (C=O) groups excluding carboxylic acids is 1. The maximum Gasteiger partial charge on any atom is 0.298 e. The Balaban J connectivity index is 1.65. The molecule has 26 heavy (non-hydrogen) atoms. The normalized spacial score (nSPS) is 12.7. The van der Waals surface area contributed by atoms with Gasteiger partial charge in [-0.3, -0.25) is 14.2 Å². The van der Waals surface area contributed by atoms with Crippen molar-refractivity contribution in [2.24, 2.45) is 0 Å². The summed E-state index contributed by atoms with van der Waals surface area (Å²) in [5.41, 5.74) is 3.15. The molecule has 3 aromatic rings. The van der Waals surface area contributed by atoms with Crippen molar-refractivity contribution < 1.29 is 9.18 Å². The van der Waals surface area contributed by atoms with E-state index in [1.807, 2.05) is 18.2 Å². The van der Waals surface area contributed by atoms with Gasteiger partial charge >= 0.3 is 0 Å².